The molecule has 3 rings (SSSR count). The molecule has 1 aliphatic rings. The molecule has 0 fully saturated rings. The summed E-state index contributed by atoms with van der Waals surface area (Å²) < 4.78 is 11.0. The van der Waals surface area contributed by atoms with E-state index in [4.69, 9.17) is 4.74 Å². The van der Waals surface area contributed by atoms with Gasteiger partial charge in [-0.2, -0.15) is 0 Å². The first-order valence-electron chi connectivity index (χ1n) is 8.68. The van der Waals surface area contributed by atoms with E-state index >= 15 is 0 Å². The third-order valence-electron chi connectivity index (χ3n) is 4.34. The number of thiophene rings is 1. The molecule has 0 amide bonds. The minimum atomic E-state index is -0.797. The molecule has 0 aromatic carbocycles. The number of fused-ring (bicyclic) bond motifs is 1. The van der Waals surface area contributed by atoms with Crippen LogP contribution in [0.25, 0.3) is 0 Å². The van der Waals surface area contributed by atoms with Gasteiger partial charge in [0, 0.05) is 4.88 Å². The lowest BCUT2D eigenvalue weighted by molar-refractivity contribution is -0.742. The number of ether oxygens (including phenoxy) is 1. The van der Waals surface area contributed by atoms with E-state index in [0.29, 0.717) is 10.6 Å². The molecule has 0 spiro atoms. The van der Waals surface area contributed by atoms with Crippen molar-refractivity contribution >= 4 is 28.2 Å². The van der Waals surface area contributed by atoms with Crippen LogP contribution >= 0.6 is 11.3 Å². The van der Waals surface area contributed by atoms with Crippen LogP contribution in [-0.2, 0) is 24.6 Å². The van der Waals surface area contributed by atoms with Gasteiger partial charge >= 0.3 is 17.3 Å². The minimum Gasteiger partial charge on any atom is -0.854 e. The molecule has 0 saturated carbocycles. The van der Waals surface area contributed by atoms with Crippen LogP contribution in [0, 0.1) is 0 Å². The Balaban J connectivity index is 2.10. The van der Waals surface area contributed by atoms with Crippen molar-refractivity contribution in [3.63, 3.8) is 0 Å². The molecule has 9 heteroatoms. The van der Waals surface area contributed by atoms with Gasteiger partial charge in [0.1, 0.15) is 5.00 Å². The van der Waals surface area contributed by atoms with Gasteiger partial charge in [-0.15, -0.1) is 11.3 Å². The average molecular weight is 379 g/mol. The number of esters is 1. The number of nitrogens with zero attached hydrogens (tertiary/aromatic N) is 2. The number of aromatic amines is 1. The van der Waals surface area contributed by atoms with Crippen molar-refractivity contribution in [2.24, 2.45) is 12.0 Å². The van der Waals surface area contributed by atoms with E-state index in [0.717, 1.165) is 49.0 Å². The summed E-state index contributed by atoms with van der Waals surface area (Å²) in [5, 5.41) is 15.1. The van der Waals surface area contributed by atoms with Gasteiger partial charge in [0.2, 0.25) is 0 Å². The zero-order valence-corrected chi connectivity index (χ0v) is 15.6. The Labute approximate surface area is 154 Å². The number of aryl methyl sites for hydroxylation is 2. The molecule has 26 heavy (non-hydrogen) atoms. The number of hydrogen-bond acceptors (Lipinski definition) is 7. The van der Waals surface area contributed by atoms with Crippen molar-refractivity contribution < 1.29 is 23.8 Å². The Hall–Kier alpha value is -2.42. The summed E-state index contributed by atoms with van der Waals surface area (Å²) in [6.45, 7) is 1.98. The number of carbonyl (C=O) groups excluding carboxylic acids is 1. The molecule has 2 heterocycles. The highest BCUT2D eigenvalue weighted by Crippen LogP contribution is 2.39. The van der Waals surface area contributed by atoms with Crippen molar-refractivity contribution in [3.05, 3.63) is 32.1 Å². The second-order valence-corrected chi connectivity index (χ2v) is 7.21. The van der Waals surface area contributed by atoms with Gasteiger partial charge in [-0.25, -0.2) is 14.6 Å². The molecule has 8 nitrogen and oxygen atoms in total. The Kier molecular flexibility index (Phi) is 5.55. The van der Waals surface area contributed by atoms with E-state index in [1.807, 2.05) is 0 Å². The van der Waals surface area contributed by atoms with Crippen LogP contribution in [0.15, 0.2) is 14.3 Å². The molecule has 0 bridgehead atoms. The predicted molar refractivity (Wildman–Crippen MR) is 92.9 cm³/mol. The molecule has 1 aliphatic carbocycles. The Morgan fingerprint density at radius 3 is 2.73 bits per heavy atom. The molecular formula is C17H21N3O5S. The van der Waals surface area contributed by atoms with E-state index in [9.17, 15) is 14.7 Å². The zero-order chi connectivity index (χ0) is 18.7. The Bertz CT molecular complexity index is 893. The third-order valence-corrected chi connectivity index (χ3v) is 5.53. The highest BCUT2D eigenvalue weighted by atomic mass is 32.1. The zero-order valence-electron chi connectivity index (χ0n) is 14.8. The summed E-state index contributed by atoms with van der Waals surface area (Å²) in [6, 6.07) is 0. The molecule has 2 aromatic heterocycles. The van der Waals surface area contributed by atoms with Gasteiger partial charge in [0.25, 0.3) is 0 Å². The van der Waals surface area contributed by atoms with Crippen LogP contribution in [0.3, 0.4) is 0 Å². The van der Waals surface area contributed by atoms with Crippen molar-refractivity contribution in [3.8, 4) is 0 Å². The van der Waals surface area contributed by atoms with E-state index in [1.165, 1.54) is 23.1 Å². The van der Waals surface area contributed by atoms with E-state index in [-0.39, 0.29) is 12.3 Å². The molecule has 0 atom stereocenters. The molecule has 0 aliphatic heterocycles. The maximum absolute atomic E-state index is 12.5. The Morgan fingerprint density at radius 1 is 1.35 bits per heavy atom. The van der Waals surface area contributed by atoms with Gasteiger partial charge < -0.3 is 9.84 Å². The average Bonchev–Trinajstić information content (AvgIpc) is 3.07. The number of carbonyl (C=O) groups is 1. The first-order chi connectivity index (χ1) is 12.5. The molecule has 0 radical (unpaired) electrons. The second-order valence-electron chi connectivity index (χ2n) is 6.12. The summed E-state index contributed by atoms with van der Waals surface area (Å²) in [5.41, 5.74) is 0.282. The van der Waals surface area contributed by atoms with Crippen molar-refractivity contribution in [2.45, 2.75) is 45.4 Å². The van der Waals surface area contributed by atoms with Crippen LogP contribution in [0.4, 0.5) is 5.00 Å². The first kappa shape index (κ1) is 18.4. The molecule has 0 saturated heterocycles. The maximum Gasteiger partial charge on any atom is 0.435 e. The van der Waals surface area contributed by atoms with E-state index in [2.05, 4.69) is 14.8 Å². The van der Waals surface area contributed by atoms with Gasteiger partial charge in [-0.3, -0.25) is 4.52 Å². The lowest BCUT2D eigenvalue weighted by Crippen LogP contribution is -2.43. The molecule has 1 N–H and O–H groups in total. The fourth-order valence-electron chi connectivity index (χ4n) is 3.11. The molecule has 2 aromatic rings. The number of rotatable bonds is 4. The van der Waals surface area contributed by atoms with Crippen molar-refractivity contribution in [2.75, 3.05) is 6.61 Å². The van der Waals surface area contributed by atoms with Crippen molar-refractivity contribution in [1.29, 1.82) is 0 Å². The highest BCUT2D eigenvalue weighted by molar-refractivity contribution is 7.16. The molecule has 140 valence electrons. The lowest BCUT2D eigenvalue weighted by Gasteiger charge is -2.11. The van der Waals surface area contributed by atoms with Crippen LogP contribution in [0.2, 0.25) is 0 Å². The highest BCUT2D eigenvalue weighted by Gasteiger charge is 2.26. The van der Waals surface area contributed by atoms with Crippen LogP contribution in [0.5, 0.6) is 0 Å². The molecule has 0 unspecified atom stereocenters. The Morgan fingerprint density at radius 2 is 2.08 bits per heavy atom. The molecular weight excluding hydrogens is 358 g/mol. The van der Waals surface area contributed by atoms with Gasteiger partial charge in [-0.05, 0) is 43.4 Å². The summed E-state index contributed by atoms with van der Waals surface area (Å²) in [5.74, 6) is -1.22. The van der Waals surface area contributed by atoms with E-state index < -0.39 is 17.5 Å². The first-order valence-corrected chi connectivity index (χ1v) is 9.49. The monoisotopic (exact) mass is 379 g/mol. The largest absolute Gasteiger partial charge is 0.854 e. The predicted octanol–water partition coefficient (Wildman–Crippen LogP) is 1.13. The number of H-pyrrole nitrogens is 1. The summed E-state index contributed by atoms with van der Waals surface area (Å²) >= 11 is 1.34. The number of hydrogen-bond donors (Lipinski definition) is 1. The normalized spacial score (nSPS) is 15.2. The fourth-order valence-corrected chi connectivity index (χ4v) is 4.36. The number of nitrogens with one attached hydrogen (secondary N) is 1. The standard InChI is InChI=1S/C17H21N3O5S/c1-3-24-16(22)12-10-8-6-4-5-7-9-11(10)26-15(12)18-14(21)13-17(23)25-19-20(13)2/h3-9H2,1-2H3,(H-,18,19,21,22,23). The third kappa shape index (κ3) is 3.57. The number of aromatic nitrogens is 2. The van der Waals surface area contributed by atoms with Crippen LogP contribution in [-0.4, -0.2) is 23.7 Å². The van der Waals surface area contributed by atoms with Gasteiger partial charge in [-0.1, -0.05) is 17.5 Å². The lowest BCUT2D eigenvalue weighted by atomic mass is 9.96. The minimum absolute atomic E-state index is 0.222. The quantitative estimate of drug-likeness (QED) is 0.370. The van der Waals surface area contributed by atoms with Crippen LogP contribution < -0.4 is 15.4 Å². The number of aliphatic imine (C=N–C) groups is 1. The van der Waals surface area contributed by atoms with Gasteiger partial charge in [0.05, 0.1) is 18.1 Å². The van der Waals surface area contributed by atoms with Gasteiger partial charge in [0.15, 0.2) is 7.05 Å². The van der Waals surface area contributed by atoms with Crippen LogP contribution in [0.1, 0.15) is 59.1 Å². The summed E-state index contributed by atoms with van der Waals surface area (Å²) in [6.07, 6.45) is 5.92. The summed E-state index contributed by atoms with van der Waals surface area (Å²) in [4.78, 5) is 29.4. The SMILES string of the molecule is CCOC(=O)c1c(/N=C(\[O-])c2c(=O)o[nH][n+]2C)sc2c1CCCCCC2. The second kappa shape index (κ2) is 7.86. The topological polar surface area (TPSA) is 112 Å². The fraction of sp³-hybridized carbons (Fsp3) is 0.529. The van der Waals surface area contributed by atoms with E-state index in [1.54, 1.807) is 6.92 Å². The summed E-state index contributed by atoms with van der Waals surface area (Å²) in [7, 11) is 1.48. The van der Waals surface area contributed by atoms with Crippen molar-refractivity contribution in [1.82, 2.24) is 5.27 Å². The smallest absolute Gasteiger partial charge is 0.435 e. The maximum atomic E-state index is 12.5.